The second-order valence-electron chi connectivity index (χ2n) is 9.22. The number of halogens is 2. The molecule has 5 rings (SSSR count). The summed E-state index contributed by atoms with van der Waals surface area (Å²) in [5, 5.41) is 6.45. The summed E-state index contributed by atoms with van der Waals surface area (Å²) in [6.07, 6.45) is 5.05. The van der Waals surface area contributed by atoms with Gasteiger partial charge in [0.15, 0.2) is 0 Å². The van der Waals surface area contributed by atoms with Crippen LogP contribution < -0.4 is 16.2 Å². The number of fused-ring (bicyclic) bond motifs is 4. The Labute approximate surface area is 187 Å². The standard InChI is InChI=1S/C24H28FN3O2.ClH/c25-19-5-3-4-18(11-19)24(8-1-2-9-24)15-27-22(29)20-6-7-21-17-10-16(12-26-13-17)14-28(21)23(20)30;/h3-7,11,16-17,26H,1-2,8-10,12-15H2,(H,27,29);1H/t16-,17+;/m0./s1. The van der Waals surface area contributed by atoms with Crippen LogP contribution in [0.5, 0.6) is 0 Å². The van der Waals surface area contributed by atoms with E-state index in [0.717, 1.165) is 56.5 Å². The predicted molar refractivity (Wildman–Crippen MR) is 121 cm³/mol. The molecule has 1 amide bonds. The quantitative estimate of drug-likeness (QED) is 0.758. The highest BCUT2D eigenvalue weighted by Crippen LogP contribution is 2.41. The van der Waals surface area contributed by atoms with Crippen molar-refractivity contribution in [2.45, 2.75) is 50.0 Å². The minimum Gasteiger partial charge on any atom is -0.351 e. The normalized spacial score (nSPS) is 23.5. The second-order valence-corrected chi connectivity index (χ2v) is 9.22. The van der Waals surface area contributed by atoms with Crippen molar-refractivity contribution in [1.82, 2.24) is 15.2 Å². The first-order valence-corrected chi connectivity index (χ1v) is 11.0. The molecule has 2 fully saturated rings. The van der Waals surface area contributed by atoms with Gasteiger partial charge >= 0.3 is 0 Å². The first-order valence-electron chi connectivity index (χ1n) is 11.0. The number of piperidine rings is 1. The Bertz CT molecular complexity index is 1030. The lowest BCUT2D eigenvalue weighted by molar-refractivity contribution is 0.0940. The molecule has 2 atom stereocenters. The van der Waals surface area contributed by atoms with Gasteiger partial charge in [-0.05, 0) is 61.6 Å². The van der Waals surface area contributed by atoms with Crippen LogP contribution in [0.4, 0.5) is 4.39 Å². The zero-order chi connectivity index (χ0) is 20.7. The van der Waals surface area contributed by atoms with Crippen molar-refractivity contribution in [3.05, 3.63) is 69.4 Å². The molecular weight excluding hydrogens is 417 g/mol. The highest BCUT2D eigenvalue weighted by Gasteiger charge is 2.37. The Kier molecular flexibility index (Phi) is 6.22. The molecule has 1 aromatic heterocycles. The van der Waals surface area contributed by atoms with Gasteiger partial charge in [-0.15, -0.1) is 12.4 Å². The lowest BCUT2D eigenvalue weighted by Crippen LogP contribution is -2.47. The lowest BCUT2D eigenvalue weighted by atomic mass is 9.78. The van der Waals surface area contributed by atoms with Gasteiger partial charge in [0.2, 0.25) is 0 Å². The summed E-state index contributed by atoms with van der Waals surface area (Å²) in [6, 6.07) is 10.3. The third kappa shape index (κ3) is 4.03. The monoisotopic (exact) mass is 445 g/mol. The van der Waals surface area contributed by atoms with Crippen LogP contribution >= 0.6 is 12.4 Å². The van der Waals surface area contributed by atoms with Crippen molar-refractivity contribution in [3.63, 3.8) is 0 Å². The van der Waals surface area contributed by atoms with Crippen LogP contribution in [0.25, 0.3) is 0 Å². The number of carbonyl (C=O) groups is 1. The van der Waals surface area contributed by atoms with Crippen molar-refractivity contribution in [2.75, 3.05) is 19.6 Å². The average Bonchev–Trinajstić information content (AvgIpc) is 3.23. The van der Waals surface area contributed by atoms with Crippen molar-refractivity contribution in [3.8, 4) is 0 Å². The lowest BCUT2D eigenvalue weighted by Gasteiger charge is -2.37. The Morgan fingerprint density at radius 1 is 1.19 bits per heavy atom. The summed E-state index contributed by atoms with van der Waals surface area (Å²) in [6.45, 7) is 2.91. The van der Waals surface area contributed by atoms with Crippen molar-refractivity contribution in [1.29, 1.82) is 0 Å². The van der Waals surface area contributed by atoms with Crippen LogP contribution in [-0.2, 0) is 12.0 Å². The number of rotatable bonds is 4. The van der Waals surface area contributed by atoms with Gasteiger partial charge in [-0.1, -0.05) is 25.0 Å². The van der Waals surface area contributed by atoms with Gasteiger partial charge in [0.05, 0.1) is 0 Å². The van der Waals surface area contributed by atoms with E-state index in [9.17, 15) is 14.0 Å². The van der Waals surface area contributed by atoms with Crippen LogP contribution in [0.1, 0.15) is 59.6 Å². The van der Waals surface area contributed by atoms with Gasteiger partial charge in [-0.25, -0.2) is 4.39 Å². The largest absolute Gasteiger partial charge is 0.351 e. The molecule has 3 heterocycles. The topological polar surface area (TPSA) is 63.1 Å². The Morgan fingerprint density at radius 2 is 2.00 bits per heavy atom. The number of hydrogen-bond acceptors (Lipinski definition) is 3. The predicted octanol–water partition coefficient (Wildman–Crippen LogP) is 3.36. The molecule has 31 heavy (non-hydrogen) atoms. The maximum absolute atomic E-state index is 13.8. The van der Waals surface area contributed by atoms with E-state index in [0.29, 0.717) is 24.9 Å². The summed E-state index contributed by atoms with van der Waals surface area (Å²) < 4.78 is 15.6. The number of nitrogens with one attached hydrogen (secondary N) is 2. The van der Waals surface area contributed by atoms with Crippen LogP contribution in [0.2, 0.25) is 0 Å². The van der Waals surface area contributed by atoms with Gasteiger partial charge in [0.1, 0.15) is 11.4 Å². The zero-order valence-corrected chi connectivity index (χ0v) is 18.3. The SMILES string of the molecule is Cl.O=C(NCC1(c2cccc(F)c2)CCCC1)c1ccc2n(c1=O)C[C@@H]1CNC[C@H]2C1. The number of carbonyl (C=O) groups excluding carboxylic acids is 1. The Morgan fingerprint density at radius 3 is 2.77 bits per heavy atom. The highest BCUT2D eigenvalue weighted by atomic mass is 35.5. The number of benzene rings is 1. The van der Waals surface area contributed by atoms with E-state index in [1.807, 2.05) is 16.7 Å². The number of pyridine rings is 1. The minimum absolute atomic E-state index is 0. The maximum atomic E-state index is 13.8. The molecule has 2 aromatic rings. The number of nitrogens with zero attached hydrogens (tertiary/aromatic N) is 1. The minimum atomic E-state index is -0.327. The van der Waals surface area contributed by atoms with Gasteiger partial charge in [-0.2, -0.15) is 0 Å². The van der Waals surface area contributed by atoms with Gasteiger partial charge in [0, 0.05) is 36.7 Å². The van der Waals surface area contributed by atoms with E-state index in [4.69, 9.17) is 0 Å². The molecule has 2 aliphatic heterocycles. The van der Waals surface area contributed by atoms with E-state index in [1.165, 1.54) is 6.07 Å². The fraction of sp³-hybridized carbons (Fsp3) is 0.500. The smallest absolute Gasteiger partial charge is 0.263 e. The Balaban J connectivity index is 0.00000231. The highest BCUT2D eigenvalue weighted by molar-refractivity contribution is 5.93. The molecule has 0 spiro atoms. The molecule has 3 aliphatic rings. The van der Waals surface area contributed by atoms with Crippen LogP contribution in [-0.4, -0.2) is 30.1 Å². The molecule has 1 aromatic carbocycles. The van der Waals surface area contributed by atoms with E-state index in [2.05, 4.69) is 10.6 Å². The van der Waals surface area contributed by atoms with Crippen molar-refractivity contribution < 1.29 is 9.18 Å². The number of hydrogen-bond donors (Lipinski definition) is 2. The third-order valence-corrected chi connectivity index (χ3v) is 7.34. The average molecular weight is 446 g/mol. The molecule has 166 valence electrons. The molecule has 0 unspecified atom stereocenters. The van der Waals surface area contributed by atoms with Crippen LogP contribution in [0.15, 0.2) is 41.2 Å². The molecule has 2 bridgehead atoms. The molecule has 5 nitrogen and oxygen atoms in total. The fourth-order valence-corrected chi connectivity index (χ4v) is 5.75. The molecular formula is C24H29ClFN3O2. The third-order valence-electron chi connectivity index (χ3n) is 7.34. The van der Waals surface area contributed by atoms with Gasteiger partial charge in [-0.3, -0.25) is 9.59 Å². The van der Waals surface area contributed by atoms with Crippen molar-refractivity contribution >= 4 is 18.3 Å². The second kappa shape index (κ2) is 8.75. The zero-order valence-electron chi connectivity index (χ0n) is 17.5. The summed E-state index contributed by atoms with van der Waals surface area (Å²) in [5.41, 5.74) is 1.73. The van der Waals surface area contributed by atoms with Gasteiger partial charge in [0.25, 0.3) is 11.5 Å². The molecule has 0 radical (unpaired) electrons. The molecule has 7 heteroatoms. The summed E-state index contributed by atoms with van der Waals surface area (Å²) in [5.74, 6) is 0.212. The molecule has 1 saturated carbocycles. The Hall–Kier alpha value is -2.18. The molecule has 1 aliphatic carbocycles. The first kappa shape index (κ1) is 22.0. The fourth-order valence-electron chi connectivity index (χ4n) is 5.75. The molecule has 2 N–H and O–H groups in total. The van der Waals surface area contributed by atoms with Gasteiger partial charge < -0.3 is 15.2 Å². The number of amides is 1. The molecule has 1 saturated heterocycles. The van der Waals surface area contributed by atoms with E-state index < -0.39 is 0 Å². The van der Waals surface area contributed by atoms with Crippen LogP contribution in [0.3, 0.4) is 0 Å². The number of aromatic nitrogens is 1. The van der Waals surface area contributed by atoms with E-state index in [-0.39, 0.29) is 40.7 Å². The summed E-state index contributed by atoms with van der Waals surface area (Å²) in [4.78, 5) is 26.1. The summed E-state index contributed by atoms with van der Waals surface area (Å²) >= 11 is 0. The van der Waals surface area contributed by atoms with E-state index >= 15 is 0 Å². The summed E-state index contributed by atoms with van der Waals surface area (Å²) in [7, 11) is 0. The maximum Gasteiger partial charge on any atom is 0.263 e. The van der Waals surface area contributed by atoms with E-state index in [1.54, 1.807) is 18.2 Å². The van der Waals surface area contributed by atoms with Crippen LogP contribution in [0, 0.1) is 11.7 Å². The first-order chi connectivity index (χ1) is 14.6. The van der Waals surface area contributed by atoms with Crippen molar-refractivity contribution in [2.24, 2.45) is 5.92 Å².